The van der Waals surface area contributed by atoms with Crippen molar-refractivity contribution in [2.24, 2.45) is 0 Å². The van der Waals surface area contributed by atoms with Gasteiger partial charge in [0.2, 0.25) is 0 Å². The predicted octanol–water partition coefficient (Wildman–Crippen LogP) is 2.86. The van der Waals surface area contributed by atoms with Gasteiger partial charge in [0, 0.05) is 6.42 Å². The Labute approximate surface area is 68.5 Å². The lowest BCUT2D eigenvalue weighted by Crippen LogP contribution is -1.92. The molecule has 0 atom stereocenters. The zero-order chi connectivity index (χ0) is 7.94. The lowest BCUT2D eigenvalue weighted by atomic mass is 9.96. The molecule has 1 nitrogen and oxygen atoms in total. The normalized spacial score (nSPS) is 17.6. The van der Waals surface area contributed by atoms with Crippen LogP contribution in [-0.2, 0) is 4.79 Å². The predicted molar refractivity (Wildman–Crippen MR) is 46.5 cm³/mol. The summed E-state index contributed by atoms with van der Waals surface area (Å²) in [5.74, 6) is 0. The molecular formula is C10H16O. The molecule has 0 spiro atoms. The third-order valence-corrected chi connectivity index (χ3v) is 2.20. The van der Waals surface area contributed by atoms with Crippen molar-refractivity contribution in [3.8, 4) is 0 Å². The van der Waals surface area contributed by atoms with Gasteiger partial charge in [-0.3, -0.25) is 0 Å². The van der Waals surface area contributed by atoms with Crippen LogP contribution in [0.15, 0.2) is 11.6 Å². The smallest absolute Gasteiger partial charge is 0.120 e. The van der Waals surface area contributed by atoms with Crippen LogP contribution in [-0.4, -0.2) is 6.29 Å². The lowest BCUT2D eigenvalue weighted by Gasteiger charge is -2.11. The Bertz CT molecular complexity index is 147. The number of hydrogen-bond donors (Lipinski definition) is 0. The summed E-state index contributed by atoms with van der Waals surface area (Å²) in [6.45, 7) is 0. The van der Waals surface area contributed by atoms with Crippen LogP contribution in [0.4, 0.5) is 0 Å². The van der Waals surface area contributed by atoms with Crippen LogP contribution >= 0.6 is 0 Å². The Morgan fingerprint density at radius 1 is 1.45 bits per heavy atom. The zero-order valence-electron chi connectivity index (χ0n) is 7.01. The highest BCUT2D eigenvalue weighted by molar-refractivity contribution is 5.49. The molecule has 0 saturated heterocycles. The minimum Gasteiger partial charge on any atom is -0.303 e. The van der Waals surface area contributed by atoms with Gasteiger partial charge in [-0.25, -0.2) is 0 Å². The number of rotatable bonds is 4. The zero-order valence-corrected chi connectivity index (χ0v) is 7.01. The highest BCUT2D eigenvalue weighted by Gasteiger charge is 2.02. The molecule has 0 amide bonds. The first-order valence-corrected chi connectivity index (χ1v) is 4.55. The molecule has 62 valence electrons. The minimum atomic E-state index is 0.733. The summed E-state index contributed by atoms with van der Waals surface area (Å²) in [6.07, 6.45) is 11.6. The van der Waals surface area contributed by atoms with Gasteiger partial charge in [0.15, 0.2) is 0 Å². The van der Waals surface area contributed by atoms with Crippen molar-refractivity contribution in [2.45, 2.75) is 44.9 Å². The first-order valence-electron chi connectivity index (χ1n) is 4.55. The molecule has 1 aliphatic carbocycles. The molecule has 0 heterocycles. The first kappa shape index (κ1) is 8.51. The van der Waals surface area contributed by atoms with Crippen LogP contribution in [0, 0.1) is 0 Å². The van der Waals surface area contributed by atoms with E-state index < -0.39 is 0 Å². The number of carbonyl (C=O) groups is 1. The first-order chi connectivity index (χ1) is 5.43. The van der Waals surface area contributed by atoms with E-state index in [1.807, 2.05) is 0 Å². The summed E-state index contributed by atoms with van der Waals surface area (Å²) >= 11 is 0. The molecular weight excluding hydrogens is 136 g/mol. The number of aldehydes is 1. The van der Waals surface area contributed by atoms with E-state index in [9.17, 15) is 4.79 Å². The minimum absolute atomic E-state index is 0.733. The van der Waals surface area contributed by atoms with Gasteiger partial charge in [-0.15, -0.1) is 0 Å². The van der Waals surface area contributed by atoms with E-state index in [-0.39, 0.29) is 0 Å². The van der Waals surface area contributed by atoms with E-state index in [4.69, 9.17) is 0 Å². The van der Waals surface area contributed by atoms with E-state index >= 15 is 0 Å². The van der Waals surface area contributed by atoms with Gasteiger partial charge in [0.25, 0.3) is 0 Å². The van der Waals surface area contributed by atoms with Gasteiger partial charge in [0.1, 0.15) is 6.29 Å². The van der Waals surface area contributed by atoms with Crippen molar-refractivity contribution in [3.63, 3.8) is 0 Å². The van der Waals surface area contributed by atoms with Gasteiger partial charge in [-0.05, 0) is 38.5 Å². The fourth-order valence-corrected chi connectivity index (χ4v) is 1.54. The molecule has 0 radical (unpaired) electrons. The second-order valence-corrected chi connectivity index (χ2v) is 3.17. The van der Waals surface area contributed by atoms with Crippen LogP contribution in [0.2, 0.25) is 0 Å². The second kappa shape index (κ2) is 5.11. The molecule has 1 aliphatic rings. The summed E-state index contributed by atoms with van der Waals surface area (Å²) in [7, 11) is 0. The summed E-state index contributed by atoms with van der Waals surface area (Å²) in [5.41, 5.74) is 1.58. The number of hydrogen-bond acceptors (Lipinski definition) is 1. The molecule has 0 aromatic carbocycles. The van der Waals surface area contributed by atoms with Gasteiger partial charge >= 0.3 is 0 Å². The van der Waals surface area contributed by atoms with Gasteiger partial charge in [-0.1, -0.05) is 11.6 Å². The molecule has 0 aliphatic heterocycles. The molecule has 0 bridgehead atoms. The maximum Gasteiger partial charge on any atom is 0.120 e. The highest BCUT2D eigenvalue weighted by atomic mass is 16.1. The molecule has 1 rings (SSSR count). The number of carbonyl (C=O) groups excluding carboxylic acids is 1. The van der Waals surface area contributed by atoms with Crippen LogP contribution in [0.5, 0.6) is 0 Å². The maximum atomic E-state index is 10.0. The third-order valence-electron chi connectivity index (χ3n) is 2.20. The SMILES string of the molecule is O=CCCCC1=CCCCC1. The van der Waals surface area contributed by atoms with Crippen molar-refractivity contribution in [3.05, 3.63) is 11.6 Å². The Balaban J connectivity index is 2.14. The molecule has 0 fully saturated rings. The quantitative estimate of drug-likeness (QED) is 0.344. The summed E-state index contributed by atoms with van der Waals surface area (Å²) in [6, 6.07) is 0. The fraction of sp³-hybridized carbons (Fsp3) is 0.700. The Kier molecular flexibility index (Phi) is 3.95. The van der Waals surface area contributed by atoms with Crippen molar-refractivity contribution in [1.29, 1.82) is 0 Å². The Morgan fingerprint density at radius 2 is 2.36 bits per heavy atom. The van der Waals surface area contributed by atoms with Gasteiger partial charge in [0.05, 0.1) is 0 Å². The van der Waals surface area contributed by atoms with Gasteiger partial charge in [-0.2, -0.15) is 0 Å². The van der Waals surface area contributed by atoms with Crippen molar-refractivity contribution < 1.29 is 4.79 Å². The Hall–Kier alpha value is -0.590. The molecule has 0 N–H and O–H groups in total. The standard InChI is InChI=1S/C10H16O/c11-9-5-4-8-10-6-2-1-3-7-10/h6,9H,1-5,7-8H2. The topological polar surface area (TPSA) is 17.1 Å². The molecule has 0 unspecified atom stereocenters. The highest BCUT2D eigenvalue weighted by Crippen LogP contribution is 2.21. The number of allylic oxidation sites excluding steroid dienone is 2. The van der Waals surface area contributed by atoms with E-state index in [1.54, 1.807) is 5.57 Å². The average Bonchev–Trinajstić information content (AvgIpc) is 2.07. The van der Waals surface area contributed by atoms with Crippen molar-refractivity contribution in [2.75, 3.05) is 0 Å². The molecule has 0 saturated carbocycles. The van der Waals surface area contributed by atoms with Crippen molar-refractivity contribution in [1.82, 2.24) is 0 Å². The van der Waals surface area contributed by atoms with E-state index in [1.165, 1.54) is 25.7 Å². The largest absolute Gasteiger partial charge is 0.303 e. The van der Waals surface area contributed by atoms with E-state index in [2.05, 4.69) is 6.08 Å². The van der Waals surface area contributed by atoms with Crippen LogP contribution in [0.3, 0.4) is 0 Å². The summed E-state index contributed by atoms with van der Waals surface area (Å²) < 4.78 is 0. The van der Waals surface area contributed by atoms with Crippen molar-refractivity contribution >= 4 is 6.29 Å². The average molecular weight is 152 g/mol. The van der Waals surface area contributed by atoms with E-state index in [0.717, 1.165) is 25.5 Å². The van der Waals surface area contributed by atoms with Crippen LogP contribution in [0.25, 0.3) is 0 Å². The van der Waals surface area contributed by atoms with Gasteiger partial charge < -0.3 is 4.79 Å². The monoisotopic (exact) mass is 152 g/mol. The molecule has 11 heavy (non-hydrogen) atoms. The van der Waals surface area contributed by atoms with Crippen LogP contribution in [0.1, 0.15) is 44.9 Å². The fourth-order valence-electron chi connectivity index (χ4n) is 1.54. The summed E-state index contributed by atoms with van der Waals surface area (Å²) in [4.78, 5) is 10.0. The molecule has 1 heteroatoms. The Morgan fingerprint density at radius 3 is 3.00 bits per heavy atom. The summed E-state index contributed by atoms with van der Waals surface area (Å²) in [5, 5.41) is 0. The molecule has 0 aromatic rings. The van der Waals surface area contributed by atoms with E-state index in [0.29, 0.717) is 0 Å². The maximum absolute atomic E-state index is 10.0. The van der Waals surface area contributed by atoms with Crippen LogP contribution < -0.4 is 0 Å². The second-order valence-electron chi connectivity index (χ2n) is 3.17. The lowest BCUT2D eigenvalue weighted by molar-refractivity contribution is -0.107. The molecule has 0 aromatic heterocycles. The number of unbranched alkanes of at least 4 members (excludes halogenated alkanes) is 1. The third kappa shape index (κ3) is 3.35.